The van der Waals surface area contributed by atoms with Crippen LogP contribution in [0.3, 0.4) is 0 Å². The summed E-state index contributed by atoms with van der Waals surface area (Å²) in [7, 11) is 0. The SMILES string of the molecule is CCCN(CCC)c1nc(C)cc(C(=O)N2CCN(CC)CC2)n1. The average Bonchev–Trinajstić information content (AvgIpc) is 2.60. The Bertz CT molecular complexity index is 534. The van der Waals surface area contributed by atoms with Crippen molar-refractivity contribution in [1.29, 1.82) is 0 Å². The van der Waals surface area contributed by atoms with Gasteiger partial charge in [0.25, 0.3) is 5.91 Å². The molecule has 134 valence electrons. The van der Waals surface area contributed by atoms with Crippen LogP contribution in [0, 0.1) is 6.92 Å². The maximum atomic E-state index is 12.8. The molecule has 0 unspecified atom stereocenters. The van der Waals surface area contributed by atoms with E-state index in [1.165, 1.54) is 0 Å². The molecule has 1 amide bonds. The minimum Gasteiger partial charge on any atom is -0.341 e. The molecule has 0 aromatic carbocycles. The van der Waals surface area contributed by atoms with Crippen LogP contribution in [0.15, 0.2) is 6.07 Å². The normalized spacial score (nSPS) is 15.6. The van der Waals surface area contributed by atoms with Crippen LogP contribution in [-0.4, -0.2) is 71.5 Å². The third kappa shape index (κ3) is 4.66. The highest BCUT2D eigenvalue weighted by Crippen LogP contribution is 2.14. The van der Waals surface area contributed by atoms with Gasteiger partial charge < -0.3 is 14.7 Å². The standard InChI is InChI=1S/C18H31N5O/c1-5-8-23(9-6-2)18-19-15(4)14-16(20-18)17(24)22-12-10-21(7-3)11-13-22/h14H,5-13H2,1-4H3. The van der Waals surface area contributed by atoms with E-state index in [1.54, 1.807) is 0 Å². The second kappa shape index (κ2) is 8.97. The maximum Gasteiger partial charge on any atom is 0.272 e. The molecule has 6 nitrogen and oxygen atoms in total. The predicted octanol–water partition coefficient (Wildman–Crippen LogP) is 2.19. The van der Waals surface area contributed by atoms with Crippen LogP contribution in [0.4, 0.5) is 5.95 Å². The molecule has 1 aliphatic heterocycles. The lowest BCUT2D eigenvalue weighted by Gasteiger charge is -2.34. The fourth-order valence-electron chi connectivity index (χ4n) is 3.08. The number of carbonyl (C=O) groups excluding carboxylic acids is 1. The summed E-state index contributed by atoms with van der Waals surface area (Å²) >= 11 is 0. The monoisotopic (exact) mass is 333 g/mol. The van der Waals surface area contributed by atoms with Gasteiger partial charge in [-0.2, -0.15) is 0 Å². The molecule has 1 aliphatic rings. The molecule has 0 saturated carbocycles. The van der Waals surface area contributed by atoms with Crippen LogP contribution in [0.1, 0.15) is 49.8 Å². The summed E-state index contributed by atoms with van der Waals surface area (Å²) < 4.78 is 0. The van der Waals surface area contributed by atoms with Gasteiger partial charge in [0, 0.05) is 45.0 Å². The van der Waals surface area contributed by atoms with E-state index in [1.807, 2.05) is 17.9 Å². The first kappa shape index (κ1) is 18.6. The zero-order valence-electron chi connectivity index (χ0n) is 15.6. The zero-order chi connectivity index (χ0) is 17.5. The van der Waals surface area contributed by atoms with Crippen molar-refractivity contribution in [2.75, 3.05) is 50.7 Å². The maximum absolute atomic E-state index is 12.8. The number of aryl methyl sites for hydroxylation is 1. The number of rotatable bonds is 7. The van der Waals surface area contributed by atoms with Crippen LogP contribution in [-0.2, 0) is 0 Å². The van der Waals surface area contributed by atoms with Gasteiger partial charge in [-0.3, -0.25) is 4.79 Å². The number of aromatic nitrogens is 2. The lowest BCUT2D eigenvalue weighted by Crippen LogP contribution is -2.48. The number of nitrogens with zero attached hydrogens (tertiary/aromatic N) is 5. The minimum atomic E-state index is 0.0328. The Morgan fingerprint density at radius 1 is 1.08 bits per heavy atom. The molecule has 1 saturated heterocycles. The van der Waals surface area contributed by atoms with Crippen LogP contribution < -0.4 is 4.90 Å². The van der Waals surface area contributed by atoms with E-state index < -0.39 is 0 Å². The average molecular weight is 333 g/mol. The highest BCUT2D eigenvalue weighted by molar-refractivity contribution is 5.92. The largest absolute Gasteiger partial charge is 0.341 e. The Hall–Kier alpha value is -1.69. The smallest absolute Gasteiger partial charge is 0.272 e. The number of carbonyl (C=O) groups is 1. The lowest BCUT2D eigenvalue weighted by molar-refractivity contribution is 0.0637. The first-order chi connectivity index (χ1) is 11.6. The molecule has 2 heterocycles. The minimum absolute atomic E-state index is 0.0328. The Kier molecular flexibility index (Phi) is 6.97. The highest BCUT2D eigenvalue weighted by Gasteiger charge is 2.23. The Labute approximate surface area is 145 Å². The van der Waals surface area contributed by atoms with Gasteiger partial charge in [0.2, 0.25) is 5.95 Å². The van der Waals surface area contributed by atoms with Gasteiger partial charge in [-0.25, -0.2) is 9.97 Å². The molecule has 6 heteroatoms. The Morgan fingerprint density at radius 3 is 2.25 bits per heavy atom. The molecular weight excluding hydrogens is 302 g/mol. The quantitative estimate of drug-likeness (QED) is 0.765. The number of likely N-dealkylation sites (N-methyl/N-ethyl adjacent to an activating group) is 1. The van der Waals surface area contributed by atoms with E-state index in [2.05, 4.69) is 40.5 Å². The van der Waals surface area contributed by atoms with Crippen LogP contribution >= 0.6 is 0 Å². The number of hydrogen-bond acceptors (Lipinski definition) is 5. The van der Waals surface area contributed by atoms with Gasteiger partial charge >= 0.3 is 0 Å². The van der Waals surface area contributed by atoms with Crippen molar-refractivity contribution in [1.82, 2.24) is 19.8 Å². The van der Waals surface area contributed by atoms with Crippen molar-refractivity contribution < 1.29 is 4.79 Å². The number of hydrogen-bond donors (Lipinski definition) is 0. The van der Waals surface area contributed by atoms with Crippen LogP contribution in [0.5, 0.6) is 0 Å². The molecule has 2 rings (SSSR count). The van der Waals surface area contributed by atoms with Crippen molar-refractivity contribution in [3.63, 3.8) is 0 Å². The highest BCUT2D eigenvalue weighted by atomic mass is 16.2. The Balaban J connectivity index is 2.16. The molecule has 0 spiro atoms. The van der Waals surface area contributed by atoms with Gasteiger partial charge in [0.05, 0.1) is 0 Å². The van der Waals surface area contributed by atoms with E-state index in [0.29, 0.717) is 11.6 Å². The fourth-order valence-corrected chi connectivity index (χ4v) is 3.08. The molecule has 24 heavy (non-hydrogen) atoms. The Morgan fingerprint density at radius 2 is 1.71 bits per heavy atom. The first-order valence-corrected chi connectivity index (χ1v) is 9.21. The van der Waals surface area contributed by atoms with Gasteiger partial charge in [0.15, 0.2) is 0 Å². The van der Waals surface area contributed by atoms with Gasteiger partial charge in [-0.05, 0) is 32.4 Å². The molecule has 0 radical (unpaired) electrons. The van der Waals surface area contributed by atoms with Gasteiger partial charge in [-0.15, -0.1) is 0 Å². The molecule has 0 bridgehead atoms. The first-order valence-electron chi connectivity index (χ1n) is 9.21. The van der Waals surface area contributed by atoms with Crippen molar-refractivity contribution in [2.24, 2.45) is 0 Å². The second-order valence-electron chi connectivity index (χ2n) is 6.41. The number of piperazine rings is 1. The van der Waals surface area contributed by atoms with Crippen molar-refractivity contribution in [2.45, 2.75) is 40.5 Å². The third-order valence-corrected chi connectivity index (χ3v) is 4.44. The predicted molar refractivity (Wildman–Crippen MR) is 97.6 cm³/mol. The molecule has 1 aromatic rings. The van der Waals surface area contributed by atoms with Crippen LogP contribution in [0.25, 0.3) is 0 Å². The van der Waals surface area contributed by atoms with E-state index >= 15 is 0 Å². The molecule has 0 aliphatic carbocycles. The summed E-state index contributed by atoms with van der Waals surface area (Å²) in [5, 5.41) is 0. The fraction of sp³-hybridized carbons (Fsp3) is 0.722. The molecular formula is C18H31N5O. The summed E-state index contributed by atoms with van der Waals surface area (Å²) in [6, 6.07) is 1.81. The van der Waals surface area contributed by atoms with Crippen LogP contribution in [0.2, 0.25) is 0 Å². The summed E-state index contributed by atoms with van der Waals surface area (Å²) in [4.78, 5) is 28.5. The summed E-state index contributed by atoms with van der Waals surface area (Å²) in [5.74, 6) is 0.722. The second-order valence-corrected chi connectivity index (χ2v) is 6.41. The summed E-state index contributed by atoms with van der Waals surface area (Å²) in [5.41, 5.74) is 1.38. The van der Waals surface area contributed by atoms with Crippen molar-refractivity contribution in [3.05, 3.63) is 17.5 Å². The summed E-state index contributed by atoms with van der Waals surface area (Å²) in [6.07, 6.45) is 2.08. The van der Waals surface area contributed by atoms with Gasteiger partial charge in [-0.1, -0.05) is 20.8 Å². The molecule has 0 atom stereocenters. The third-order valence-electron chi connectivity index (χ3n) is 4.44. The topological polar surface area (TPSA) is 52.6 Å². The van der Waals surface area contributed by atoms with E-state index in [-0.39, 0.29) is 5.91 Å². The summed E-state index contributed by atoms with van der Waals surface area (Å²) in [6.45, 7) is 14.7. The molecule has 1 aromatic heterocycles. The van der Waals surface area contributed by atoms with Crippen molar-refractivity contribution in [3.8, 4) is 0 Å². The van der Waals surface area contributed by atoms with E-state index in [0.717, 1.165) is 64.3 Å². The van der Waals surface area contributed by atoms with Gasteiger partial charge in [0.1, 0.15) is 5.69 Å². The molecule has 1 fully saturated rings. The zero-order valence-corrected chi connectivity index (χ0v) is 15.6. The van der Waals surface area contributed by atoms with E-state index in [4.69, 9.17) is 0 Å². The van der Waals surface area contributed by atoms with Crippen molar-refractivity contribution >= 4 is 11.9 Å². The number of anilines is 1. The number of amides is 1. The van der Waals surface area contributed by atoms with E-state index in [9.17, 15) is 4.79 Å². The lowest BCUT2D eigenvalue weighted by atomic mass is 10.2. The molecule has 0 N–H and O–H groups in total.